The molecule has 0 aromatic heterocycles. The zero-order valence-corrected chi connectivity index (χ0v) is 9.12. The van der Waals surface area contributed by atoms with Gasteiger partial charge in [-0.1, -0.05) is 28.8 Å². The number of hydrogen-bond donors (Lipinski definition) is 0. The van der Waals surface area contributed by atoms with Crippen molar-refractivity contribution < 1.29 is 13.3 Å². The Bertz CT molecular complexity index is 526. The molecule has 1 unspecified atom stereocenters. The molecule has 0 N–H and O–H groups in total. The first-order chi connectivity index (χ1) is 7.70. The van der Waals surface area contributed by atoms with Crippen LogP contribution < -0.4 is 10.6 Å². The predicted octanol–water partition coefficient (Wildman–Crippen LogP) is 2.74. The monoisotopic (exact) mass is 237 g/mol. The van der Waals surface area contributed by atoms with E-state index in [0.29, 0.717) is 5.30 Å². The van der Waals surface area contributed by atoms with Crippen molar-refractivity contribution >= 4 is 18.4 Å². The smallest absolute Gasteiger partial charge is 0.204 e. The second-order valence-corrected chi connectivity index (χ2v) is 4.79. The number of benzene rings is 2. The normalized spacial score (nSPS) is 11.2. The Kier molecular flexibility index (Phi) is 3.07. The summed E-state index contributed by atoms with van der Waals surface area (Å²) in [6, 6.07) is 12.1. The first kappa shape index (κ1) is 10.9. The number of hydrogen-bond acceptors (Lipinski definition) is 1. The number of rotatable bonds is 2. The van der Waals surface area contributed by atoms with Crippen LogP contribution in [0, 0.1) is 11.6 Å². The highest BCUT2D eigenvalue weighted by Crippen LogP contribution is 2.21. The summed E-state index contributed by atoms with van der Waals surface area (Å²) in [5.41, 5.74) is 0. The molecule has 0 amide bonds. The SMILES string of the molecule is O=[P+](c1ccccc1)c1cccc(F)c1F. The highest BCUT2D eigenvalue weighted by atomic mass is 31.1. The molecule has 0 saturated heterocycles. The van der Waals surface area contributed by atoms with Crippen molar-refractivity contribution in [1.82, 2.24) is 0 Å². The van der Waals surface area contributed by atoms with Crippen LogP contribution in [0.15, 0.2) is 48.5 Å². The summed E-state index contributed by atoms with van der Waals surface area (Å²) < 4.78 is 38.3. The van der Waals surface area contributed by atoms with Crippen molar-refractivity contribution in [3.8, 4) is 0 Å². The van der Waals surface area contributed by atoms with Crippen LogP contribution in [0.2, 0.25) is 0 Å². The molecule has 0 aliphatic carbocycles. The molecule has 2 aromatic carbocycles. The molecule has 4 heteroatoms. The van der Waals surface area contributed by atoms with E-state index in [4.69, 9.17) is 0 Å². The summed E-state index contributed by atoms with van der Waals surface area (Å²) >= 11 is 0. The fraction of sp³-hybridized carbons (Fsp3) is 0. The highest BCUT2D eigenvalue weighted by molar-refractivity contribution is 7.61. The maximum atomic E-state index is 13.4. The van der Waals surface area contributed by atoms with Gasteiger partial charge in [-0.3, -0.25) is 0 Å². The Hall–Kier alpha value is -1.60. The molecule has 2 aromatic rings. The third-order valence-electron chi connectivity index (χ3n) is 2.14. The van der Waals surface area contributed by atoms with Gasteiger partial charge in [0.25, 0.3) is 0 Å². The van der Waals surface area contributed by atoms with Crippen molar-refractivity contribution in [1.29, 1.82) is 0 Å². The average Bonchev–Trinajstić information content (AvgIpc) is 2.33. The van der Waals surface area contributed by atoms with Crippen LogP contribution in [0.3, 0.4) is 0 Å². The van der Waals surface area contributed by atoms with Crippen molar-refractivity contribution in [3.63, 3.8) is 0 Å². The minimum atomic E-state index is -2.07. The van der Waals surface area contributed by atoms with Crippen LogP contribution in [0.1, 0.15) is 0 Å². The van der Waals surface area contributed by atoms with Gasteiger partial charge in [-0.15, -0.1) is 0 Å². The van der Waals surface area contributed by atoms with Gasteiger partial charge in [0, 0.05) is 0 Å². The lowest BCUT2D eigenvalue weighted by molar-refractivity contribution is 0.513. The second-order valence-electron chi connectivity index (χ2n) is 3.20. The lowest BCUT2D eigenvalue weighted by Crippen LogP contribution is -2.11. The Balaban J connectivity index is 2.46. The molecule has 0 heterocycles. The van der Waals surface area contributed by atoms with Crippen LogP contribution >= 0.6 is 7.80 Å². The maximum Gasteiger partial charge on any atom is 0.418 e. The topological polar surface area (TPSA) is 17.1 Å². The van der Waals surface area contributed by atoms with Gasteiger partial charge in [-0.2, -0.15) is 4.39 Å². The van der Waals surface area contributed by atoms with Crippen molar-refractivity contribution in [2.45, 2.75) is 0 Å². The summed E-state index contributed by atoms with van der Waals surface area (Å²) in [6.45, 7) is 0. The summed E-state index contributed by atoms with van der Waals surface area (Å²) in [5.74, 6) is -2.01. The standard InChI is InChI=1S/C12H8F2OP/c13-10-7-4-8-11(12(10)14)16(15)9-5-2-1-3-6-9/h1-8H/q+1. The van der Waals surface area contributed by atoms with E-state index in [1.807, 2.05) is 0 Å². The molecular formula is C12H8F2OP+. The summed E-state index contributed by atoms with van der Waals surface area (Å²) in [5, 5.41) is 0.392. The zero-order chi connectivity index (χ0) is 11.5. The molecule has 2 rings (SSSR count). The Morgan fingerprint density at radius 3 is 2.25 bits per heavy atom. The third kappa shape index (κ3) is 2.00. The van der Waals surface area contributed by atoms with Crippen molar-refractivity contribution in [2.24, 2.45) is 0 Å². The average molecular weight is 237 g/mol. The van der Waals surface area contributed by atoms with Crippen molar-refractivity contribution in [3.05, 3.63) is 60.2 Å². The van der Waals surface area contributed by atoms with Crippen LogP contribution in [0.4, 0.5) is 8.78 Å². The zero-order valence-electron chi connectivity index (χ0n) is 8.23. The molecule has 1 nitrogen and oxygen atoms in total. The van der Waals surface area contributed by atoms with Crippen molar-refractivity contribution in [2.75, 3.05) is 0 Å². The summed E-state index contributed by atoms with van der Waals surface area (Å²) in [4.78, 5) is 0. The van der Waals surface area contributed by atoms with E-state index in [0.717, 1.165) is 6.07 Å². The maximum absolute atomic E-state index is 13.4. The molecule has 80 valence electrons. The molecule has 0 aliphatic rings. The molecule has 0 aliphatic heterocycles. The Morgan fingerprint density at radius 2 is 1.56 bits per heavy atom. The van der Waals surface area contributed by atoms with Crippen LogP contribution in [-0.4, -0.2) is 0 Å². The Labute approximate surface area is 92.5 Å². The summed E-state index contributed by atoms with van der Waals surface area (Å²) in [6.07, 6.45) is 0. The van der Waals surface area contributed by atoms with E-state index in [9.17, 15) is 13.3 Å². The van der Waals surface area contributed by atoms with Gasteiger partial charge in [0.2, 0.25) is 11.1 Å². The minimum absolute atomic E-state index is 0.0961. The molecule has 1 atom stereocenters. The van der Waals surface area contributed by atoms with E-state index >= 15 is 0 Å². The lowest BCUT2D eigenvalue weighted by atomic mass is 10.3. The van der Waals surface area contributed by atoms with Gasteiger partial charge < -0.3 is 0 Å². The molecule has 16 heavy (non-hydrogen) atoms. The third-order valence-corrected chi connectivity index (χ3v) is 3.69. The molecule has 0 saturated carbocycles. The van der Waals surface area contributed by atoms with E-state index < -0.39 is 19.4 Å². The van der Waals surface area contributed by atoms with Gasteiger partial charge in [0.15, 0.2) is 11.1 Å². The fourth-order valence-electron chi connectivity index (χ4n) is 1.35. The number of halogens is 2. The van der Waals surface area contributed by atoms with Gasteiger partial charge in [-0.05, 0) is 24.3 Å². The molecular weight excluding hydrogens is 229 g/mol. The van der Waals surface area contributed by atoms with Gasteiger partial charge in [0.05, 0.1) is 0 Å². The first-order valence-corrected chi connectivity index (χ1v) is 5.92. The van der Waals surface area contributed by atoms with E-state index in [-0.39, 0.29) is 5.30 Å². The van der Waals surface area contributed by atoms with Crippen LogP contribution in [0.5, 0.6) is 0 Å². The summed E-state index contributed by atoms with van der Waals surface area (Å²) in [7, 11) is -2.07. The van der Waals surface area contributed by atoms with Gasteiger partial charge in [0.1, 0.15) is 0 Å². The van der Waals surface area contributed by atoms with E-state index in [2.05, 4.69) is 0 Å². The first-order valence-electron chi connectivity index (χ1n) is 4.66. The molecule has 0 spiro atoms. The predicted molar refractivity (Wildman–Crippen MR) is 59.7 cm³/mol. The van der Waals surface area contributed by atoms with E-state index in [1.165, 1.54) is 12.1 Å². The molecule has 0 radical (unpaired) electrons. The lowest BCUT2D eigenvalue weighted by Gasteiger charge is -1.93. The second kappa shape index (κ2) is 4.50. The minimum Gasteiger partial charge on any atom is -0.204 e. The Morgan fingerprint density at radius 1 is 0.875 bits per heavy atom. The fourth-order valence-corrected chi connectivity index (χ4v) is 2.58. The van der Waals surface area contributed by atoms with E-state index in [1.54, 1.807) is 30.3 Å². The molecule has 0 bridgehead atoms. The molecule has 0 fully saturated rings. The quantitative estimate of drug-likeness (QED) is 0.734. The van der Waals surface area contributed by atoms with Crippen LogP contribution in [-0.2, 0) is 4.57 Å². The van der Waals surface area contributed by atoms with Gasteiger partial charge in [-0.25, -0.2) is 4.39 Å². The largest absolute Gasteiger partial charge is 0.418 e. The highest BCUT2D eigenvalue weighted by Gasteiger charge is 2.28. The van der Waals surface area contributed by atoms with Crippen LogP contribution in [0.25, 0.3) is 0 Å². The van der Waals surface area contributed by atoms with Gasteiger partial charge >= 0.3 is 7.80 Å².